The number of carbonyl (C=O) groups is 2. The molecule has 0 atom stereocenters. The summed E-state index contributed by atoms with van der Waals surface area (Å²) in [5.74, 6) is -1.15. The molecule has 34 heavy (non-hydrogen) atoms. The number of benzene rings is 3. The van der Waals surface area contributed by atoms with Crippen molar-refractivity contribution in [2.24, 2.45) is 0 Å². The first-order valence-electron chi connectivity index (χ1n) is 10.3. The molecule has 0 bridgehead atoms. The second-order valence-corrected chi connectivity index (χ2v) is 9.90. The summed E-state index contributed by atoms with van der Waals surface area (Å²) in [5.41, 5.74) is 3.64. The van der Waals surface area contributed by atoms with Crippen molar-refractivity contribution in [3.63, 3.8) is 0 Å². The first kappa shape index (κ1) is 25.7. The summed E-state index contributed by atoms with van der Waals surface area (Å²) in [4.78, 5) is 24.3. The molecule has 0 aliphatic carbocycles. The molecule has 0 fully saturated rings. The molecule has 2 amide bonds. The summed E-state index contributed by atoms with van der Waals surface area (Å²) in [7, 11) is -4.13. The molecular formula is C24H22Cl2N2O5S. The summed E-state index contributed by atoms with van der Waals surface area (Å²) in [5, 5.41) is 6.38. The van der Waals surface area contributed by atoms with Gasteiger partial charge < -0.3 is 10.6 Å². The average Bonchev–Trinajstić information content (AvgIpc) is 2.78. The van der Waals surface area contributed by atoms with E-state index in [1.807, 2.05) is 18.2 Å². The fourth-order valence-corrected chi connectivity index (χ4v) is 4.03. The van der Waals surface area contributed by atoms with E-state index in [1.165, 1.54) is 0 Å². The maximum absolute atomic E-state index is 12.3. The lowest BCUT2D eigenvalue weighted by molar-refractivity contribution is -0.116. The van der Waals surface area contributed by atoms with Crippen LogP contribution in [0.2, 0.25) is 10.0 Å². The Bertz CT molecular complexity index is 1280. The van der Waals surface area contributed by atoms with Crippen molar-refractivity contribution in [3.8, 4) is 11.1 Å². The van der Waals surface area contributed by atoms with Crippen molar-refractivity contribution in [1.29, 1.82) is 0 Å². The Kier molecular flexibility index (Phi) is 8.68. The summed E-state index contributed by atoms with van der Waals surface area (Å²) in [6, 6.07) is 19.3. The number of amides is 2. The third kappa shape index (κ3) is 7.85. The monoisotopic (exact) mass is 520 g/mol. The van der Waals surface area contributed by atoms with E-state index in [0.29, 0.717) is 27.7 Å². The van der Waals surface area contributed by atoms with Gasteiger partial charge in [-0.15, -0.1) is 0 Å². The van der Waals surface area contributed by atoms with Gasteiger partial charge in [0.15, 0.2) is 0 Å². The third-order valence-electron chi connectivity index (χ3n) is 4.91. The molecule has 0 unspecified atom stereocenters. The molecule has 0 heterocycles. The van der Waals surface area contributed by atoms with Crippen LogP contribution in [0.3, 0.4) is 0 Å². The Morgan fingerprint density at radius 2 is 1.59 bits per heavy atom. The van der Waals surface area contributed by atoms with Gasteiger partial charge in [-0.25, -0.2) is 0 Å². The summed E-state index contributed by atoms with van der Waals surface area (Å²) < 4.78 is 30.1. The van der Waals surface area contributed by atoms with E-state index in [-0.39, 0.29) is 18.9 Å². The van der Waals surface area contributed by atoms with Crippen molar-refractivity contribution in [3.05, 3.63) is 87.9 Å². The zero-order valence-corrected chi connectivity index (χ0v) is 20.3. The molecule has 0 spiro atoms. The number of hydrogen-bond acceptors (Lipinski definition) is 4. The highest BCUT2D eigenvalue weighted by atomic mass is 35.5. The van der Waals surface area contributed by atoms with E-state index >= 15 is 0 Å². The second-order valence-electron chi connectivity index (χ2n) is 7.49. The normalized spacial score (nSPS) is 11.1. The van der Waals surface area contributed by atoms with Gasteiger partial charge in [0.1, 0.15) is 0 Å². The molecule has 7 nitrogen and oxygen atoms in total. The van der Waals surface area contributed by atoms with E-state index in [1.54, 1.807) is 48.5 Å². The second kappa shape index (κ2) is 11.5. The zero-order valence-electron chi connectivity index (χ0n) is 17.9. The van der Waals surface area contributed by atoms with E-state index in [0.717, 1.165) is 16.7 Å². The average molecular weight is 521 g/mol. The molecule has 178 valence electrons. The van der Waals surface area contributed by atoms with E-state index < -0.39 is 21.8 Å². The first-order chi connectivity index (χ1) is 16.1. The number of nitrogens with one attached hydrogen (secondary N) is 2. The molecule has 0 saturated heterocycles. The Morgan fingerprint density at radius 1 is 0.912 bits per heavy atom. The van der Waals surface area contributed by atoms with Gasteiger partial charge in [0.05, 0.1) is 5.75 Å². The van der Waals surface area contributed by atoms with E-state index in [9.17, 15) is 18.0 Å². The van der Waals surface area contributed by atoms with Gasteiger partial charge in [0, 0.05) is 39.8 Å². The number of anilines is 1. The molecule has 0 aromatic heterocycles. The van der Waals surface area contributed by atoms with Crippen LogP contribution in [0.25, 0.3) is 11.1 Å². The number of rotatable bonds is 9. The summed E-state index contributed by atoms with van der Waals surface area (Å²) >= 11 is 12.2. The predicted molar refractivity (Wildman–Crippen MR) is 134 cm³/mol. The maximum Gasteiger partial charge on any atom is 0.266 e. The topological polar surface area (TPSA) is 113 Å². The van der Waals surface area contributed by atoms with Gasteiger partial charge in [-0.2, -0.15) is 8.42 Å². The minimum atomic E-state index is -4.13. The van der Waals surface area contributed by atoms with Crippen LogP contribution in [0, 0.1) is 0 Å². The molecule has 0 aliphatic rings. The van der Waals surface area contributed by atoms with Crippen molar-refractivity contribution < 1.29 is 22.6 Å². The summed E-state index contributed by atoms with van der Waals surface area (Å²) in [6.07, 6.45) is 0.736. The van der Waals surface area contributed by atoms with Gasteiger partial charge in [0.2, 0.25) is 5.91 Å². The van der Waals surface area contributed by atoms with Crippen LogP contribution in [0.4, 0.5) is 5.69 Å². The van der Waals surface area contributed by atoms with E-state index in [4.69, 9.17) is 27.8 Å². The first-order valence-corrected chi connectivity index (χ1v) is 12.6. The van der Waals surface area contributed by atoms with Crippen LogP contribution in [-0.4, -0.2) is 37.1 Å². The van der Waals surface area contributed by atoms with Crippen molar-refractivity contribution in [2.45, 2.75) is 12.8 Å². The minimum Gasteiger partial charge on any atom is -0.351 e. The highest BCUT2D eigenvalue weighted by molar-refractivity contribution is 7.85. The van der Waals surface area contributed by atoms with Crippen LogP contribution >= 0.6 is 23.2 Å². The molecule has 0 radical (unpaired) electrons. The molecule has 3 aromatic rings. The number of carbonyl (C=O) groups excluding carboxylic acids is 2. The van der Waals surface area contributed by atoms with Gasteiger partial charge in [-0.1, -0.05) is 53.5 Å². The Balaban J connectivity index is 1.48. The predicted octanol–water partition coefficient (Wildman–Crippen LogP) is 4.85. The molecule has 3 rings (SSSR count). The SMILES string of the molecule is O=C(CCc1ccc(C(=O)NCCS(=O)(=O)O)cc1)Nc1ccc(-c2ccc(Cl)cc2Cl)cc1. The van der Waals surface area contributed by atoms with Crippen molar-refractivity contribution in [2.75, 3.05) is 17.6 Å². The van der Waals surface area contributed by atoms with Crippen LogP contribution in [0.15, 0.2) is 66.7 Å². The lowest BCUT2D eigenvalue weighted by Gasteiger charge is -2.09. The standard InChI is InChI=1S/C24H22Cl2N2O5S/c25-19-8-11-21(22(26)15-19)17-6-9-20(10-7-17)28-23(29)12-3-16-1-4-18(5-2-16)24(30)27-13-14-34(31,32)33/h1-2,4-11,15H,3,12-14H2,(H,27,30)(H,28,29)(H,31,32,33). The molecular weight excluding hydrogens is 499 g/mol. The van der Waals surface area contributed by atoms with Crippen molar-refractivity contribution >= 4 is 50.8 Å². The van der Waals surface area contributed by atoms with Crippen LogP contribution in [0.1, 0.15) is 22.3 Å². The van der Waals surface area contributed by atoms with Crippen LogP contribution in [0.5, 0.6) is 0 Å². The Morgan fingerprint density at radius 3 is 2.21 bits per heavy atom. The Labute approximate surface area is 207 Å². The minimum absolute atomic E-state index is 0.149. The molecule has 0 saturated carbocycles. The van der Waals surface area contributed by atoms with Gasteiger partial charge >= 0.3 is 0 Å². The molecule has 10 heteroatoms. The molecule has 3 N–H and O–H groups in total. The lowest BCUT2D eigenvalue weighted by atomic mass is 10.0. The smallest absolute Gasteiger partial charge is 0.266 e. The fraction of sp³-hybridized carbons (Fsp3) is 0.167. The number of hydrogen-bond donors (Lipinski definition) is 3. The number of halogens is 2. The van der Waals surface area contributed by atoms with Gasteiger partial charge in [0.25, 0.3) is 16.0 Å². The largest absolute Gasteiger partial charge is 0.351 e. The zero-order chi connectivity index (χ0) is 24.7. The van der Waals surface area contributed by atoms with Gasteiger partial charge in [-0.05, 0) is 53.9 Å². The van der Waals surface area contributed by atoms with Crippen LogP contribution < -0.4 is 10.6 Å². The maximum atomic E-state index is 12.3. The van der Waals surface area contributed by atoms with Crippen molar-refractivity contribution in [1.82, 2.24) is 5.32 Å². The lowest BCUT2D eigenvalue weighted by Crippen LogP contribution is -2.28. The highest BCUT2D eigenvalue weighted by Crippen LogP contribution is 2.31. The molecule has 3 aromatic carbocycles. The number of aryl methyl sites for hydroxylation is 1. The van der Waals surface area contributed by atoms with Gasteiger partial charge in [-0.3, -0.25) is 14.1 Å². The fourth-order valence-electron chi connectivity index (χ4n) is 3.16. The Hall–Kier alpha value is -2.91. The third-order valence-corrected chi connectivity index (χ3v) is 6.18. The van der Waals surface area contributed by atoms with Crippen LogP contribution in [-0.2, 0) is 21.3 Å². The summed E-state index contributed by atoms with van der Waals surface area (Å²) in [6.45, 7) is -0.187. The van der Waals surface area contributed by atoms with E-state index in [2.05, 4.69) is 10.6 Å². The highest BCUT2D eigenvalue weighted by Gasteiger charge is 2.10. The molecule has 0 aliphatic heterocycles. The quantitative estimate of drug-likeness (QED) is 0.349.